The maximum atomic E-state index is 12.4. The first-order chi connectivity index (χ1) is 9.66. The quantitative estimate of drug-likeness (QED) is 0.858. The van der Waals surface area contributed by atoms with Gasteiger partial charge in [-0.05, 0) is 39.0 Å². The number of piperidine rings is 1. The van der Waals surface area contributed by atoms with Crippen molar-refractivity contribution in [2.45, 2.75) is 18.9 Å². The van der Waals surface area contributed by atoms with Crippen molar-refractivity contribution >= 4 is 30.7 Å². The molecular formula is C16H27Cl2N3O. The van der Waals surface area contributed by atoms with Crippen molar-refractivity contribution in [1.82, 2.24) is 15.5 Å². The highest BCUT2D eigenvalue weighted by Gasteiger charge is 2.24. The first-order valence-electron chi connectivity index (χ1n) is 7.37. The monoisotopic (exact) mass is 347 g/mol. The number of nitrogens with one attached hydrogen (secondary N) is 2. The number of amides is 1. The minimum absolute atomic E-state index is 0. The summed E-state index contributed by atoms with van der Waals surface area (Å²) in [7, 11) is 4.06. The predicted molar refractivity (Wildman–Crippen MR) is 96.0 cm³/mol. The van der Waals surface area contributed by atoms with Gasteiger partial charge >= 0.3 is 0 Å². The molecule has 0 bridgehead atoms. The Kier molecular flexibility index (Phi) is 10.4. The molecule has 0 saturated carbocycles. The van der Waals surface area contributed by atoms with Crippen molar-refractivity contribution in [3.8, 4) is 0 Å². The Balaban J connectivity index is 0.00000220. The van der Waals surface area contributed by atoms with Gasteiger partial charge in [-0.2, -0.15) is 0 Å². The fraction of sp³-hybridized carbons (Fsp3) is 0.562. The SMILES string of the molecule is CN(C)CC(NC(=O)C1CCCNC1)c1ccccc1.Cl.Cl. The highest BCUT2D eigenvalue weighted by molar-refractivity contribution is 5.85. The van der Waals surface area contributed by atoms with Crippen LogP contribution in [0.25, 0.3) is 0 Å². The van der Waals surface area contributed by atoms with Gasteiger partial charge in [-0.1, -0.05) is 30.3 Å². The molecular weight excluding hydrogens is 321 g/mol. The molecule has 0 aromatic heterocycles. The zero-order valence-corrected chi connectivity index (χ0v) is 14.9. The number of benzene rings is 1. The number of carbonyl (C=O) groups is 1. The van der Waals surface area contributed by atoms with E-state index in [9.17, 15) is 4.79 Å². The average molecular weight is 348 g/mol. The molecule has 0 radical (unpaired) electrons. The third kappa shape index (κ3) is 6.53. The number of carbonyl (C=O) groups excluding carboxylic acids is 1. The van der Waals surface area contributed by atoms with Crippen molar-refractivity contribution in [3.05, 3.63) is 35.9 Å². The van der Waals surface area contributed by atoms with E-state index in [1.54, 1.807) is 0 Å². The van der Waals surface area contributed by atoms with Gasteiger partial charge in [-0.15, -0.1) is 24.8 Å². The summed E-state index contributed by atoms with van der Waals surface area (Å²) in [6.07, 6.45) is 2.07. The first-order valence-corrected chi connectivity index (χ1v) is 7.37. The van der Waals surface area contributed by atoms with Crippen molar-refractivity contribution in [2.75, 3.05) is 33.7 Å². The minimum atomic E-state index is 0. The topological polar surface area (TPSA) is 44.4 Å². The molecule has 22 heavy (non-hydrogen) atoms. The van der Waals surface area contributed by atoms with E-state index in [0.29, 0.717) is 0 Å². The first kappa shape index (κ1) is 21.2. The summed E-state index contributed by atoms with van der Waals surface area (Å²) in [6, 6.07) is 10.3. The van der Waals surface area contributed by atoms with Crippen LogP contribution in [-0.4, -0.2) is 44.5 Å². The summed E-state index contributed by atoms with van der Waals surface area (Å²) in [4.78, 5) is 14.5. The van der Waals surface area contributed by atoms with Crippen LogP contribution in [0.3, 0.4) is 0 Å². The second-order valence-corrected chi connectivity index (χ2v) is 5.78. The van der Waals surface area contributed by atoms with Crippen LogP contribution in [0.5, 0.6) is 0 Å². The molecule has 1 aromatic carbocycles. The fourth-order valence-corrected chi connectivity index (χ4v) is 2.65. The van der Waals surface area contributed by atoms with E-state index in [0.717, 1.165) is 32.5 Å². The Labute approximate surface area is 145 Å². The van der Waals surface area contributed by atoms with Crippen molar-refractivity contribution in [2.24, 2.45) is 5.92 Å². The number of rotatable bonds is 5. The smallest absolute Gasteiger partial charge is 0.224 e. The molecule has 1 heterocycles. The number of likely N-dealkylation sites (N-methyl/N-ethyl adjacent to an activating group) is 1. The van der Waals surface area contributed by atoms with E-state index >= 15 is 0 Å². The lowest BCUT2D eigenvalue weighted by Gasteiger charge is -2.27. The van der Waals surface area contributed by atoms with Crippen molar-refractivity contribution in [1.29, 1.82) is 0 Å². The summed E-state index contributed by atoms with van der Waals surface area (Å²) >= 11 is 0. The number of hydrogen-bond donors (Lipinski definition) is 2. The number of nitrogens with zero attached hydrogens (tertiary/aromatic N) is 1. The van der Waals surface area contributed by atoms with E-state index < -0.39 is 0 Å². The number of halogens is 2. The standard InChI is InChI=1S/C16H25N3O.2ClH/c1-19(2)12-15(13-7-4-3-5-8-13)18-16(20)14-9-6-10-17-11-14;;/h3-5,7-8,14-15,17H,6,9-12H2,1-2H3,(H,18,20);2*1H. The Morgan fingerprint density at radius 3 is 2.55 bits per heavy atom. The van der Waals surface area contributed by atoms with Crippen molar-refractivity contribution in [3.63, 3.8) is 0 Å². The van der Waals surface area contributed by atoms with Gasteiger partial charge in [0.25, 0.3) is 0 Å². The van der Waals surface area contributed by atoms with Crippen LogP contribution in [0.2, 0.25) is 0 Å². The molecule has 1 fully saturated rings. The summed E-state index contributed by atoms with van der Waals surface area (Å²) in [6.45, 7) is 2.65. The molecule has 0 spiro atoms. The Bertz CT molecular complexity index is 423. The van der Waals surface area contributed by atoms with E-state index in [1.807, 2.05) is 32.3 Å². The molecule has 2 rings (SSSR count). The largest absolute Gasteiger partial charge is 0.348 e. The highest BCUT2D eigenvalue weighted by Crippen LogP contribution is 2.16. The zero-order chi connectivity index (χ0) is 14.4. The van der Waals surface area contributed by atoms with Gasteiger partial charge in [-0.25, -0.2) is 0 Å². The van der Waals surface area contributed by atoms with Crippen molar-refractivity contribution < 1.29 is 4.79 Å². The van der Waals surface area contributed by atoms with Crippen LogP contribution >= 0.6 is 24.8 Å². The Morgan fingerprint density at radius 1 is 1.32 bits per heavy atom. The van der Waals surface area contributed by atoms with Crippen LogP contribution in [0.15, 0.2) is 30.3 Å². The molecule has 4 nitrogen and oxygen atoms in total. The highest BCUT2D eigenvalue weighted by atomic mass is 35.5. The Morgan fingerprint density at radius 2 is 2.00 bits per heavy atom. The molecule has 2 unspecified atom stereocenters. The van der Waals surface area contributed by atoms with Crippen LogP contribution in [0, 0.1) is 5.92 Å². The summed E-state index contributed by atoms with van der Waals surface area (Å²) in [5.41, 5.74) is 1.17. The third-order valence-electron chi connectivity index (χ3n) is 3.73. The van der Waals surface area contributed by atoms with E-state index in [-0.39, 0.29) is 42.7 Å². The van der Waals surface area contributed by atoms with E-state index in [4.69, 9.17) is 0 Å². The van der Waals surface area contributed by atoms with E-state index in [1.165, 1.54) is 5.56 Å². The summed E-state index contributed by atoms with van der Waals surface area (Å²) in [5.74, 6) is 0.282. The minimum Gasteiger partial charge on any atom is -0.348 e. The summed E-state index contributed by atoms with van der Waals surface area (Å²) < 4.78 is 0. The molecule has 1 amide bonds. The van der Waals surface area contributed by atoms with E-state index in [2.05, 4.69) is 27.7 Å². The second-order valence-electron chi connectivity index (χ2n) is 5.78. The molecule has 1 aliphatic heterocycles. The zero-order valence-electron chi connectivity index (χ0n) is 13.2. The van der Waals surface area contributed by atoms with Crippen LogP contribution < -0.4 is 10.6 Å². The van der Waals surface area contributed by atoms with Gasteiger partial charge in [-0.3, -0.25) is 4.79 Å². The molecule has 2 N–H and O–H groups in total. The predicted octanol–water partition coefficient (Wildman–Crippen LogP) is 2.25. The fourth-order valence-electron chi connectivity index (χ4n) is 2.65. The maximum absolute atomic E-state index is 12.4. The molecule has 1 aromatic rings. The lowest BCUT2D eigenvalue weighted by atomic mass is 9.97. The molecule has 1 saturated heterocycles. The lowest BCUT2D eigenvalue weighted by Crippen LogP contribution is -2.43. The molecule has 1 aliphatic rings. The van der Waals surface area contributed by atoms with Crippen LogP contribution in [0.1, 0.15) is 24.4 Å². The maximum Gasteiger partial charge on any atom is 0.224 e. The van der Waals surface area contributed by atoms with Gasteiger partial charge in [0, 0.05) is 13.1 Å². The normalized spacial score (nSPS) is 18.8. The van der Waals surface area contributed by atoms with Gasteiger partial charge in [0.2, 0.25) is 5.91 Å². The lowest BCUT2D eigenvalue weighted by molar-refractivity contribution is -0.126. The molecule has 2 atom stereocenters. The average Bonchev–Trinajstić information content (AvgIpc) is 2.48. The van der Waals surface area contributed by atoms with Gasteiger partial charge in [0.1, 0.15) is 0 Å². The van der Waals surface area contributed by atoms with Crippen LogP contribution in [-0.2, 0) is 4.79 Å². The second kappa shape index (κ2) is 10.8. The van der Waals surface area contributed by atoms with Gasteiger partial charge in [0.05, 0.1) is 12.0 Å². The van der Waals surface area contributed by atoms with Gasteiger partial charge in [0.15, 0.2) is 0 Å². The Hall–Kier alpha value is -0.810. The van der Waals surface area contributed by atoms with Crippen LogP contribution in [0.4, 0.5) is 0 Å². The third-order valence-corrected chi connectivity index (χ3v) is 3.73. The number of hydrogen-bond acceptors (Lipinski definition) is 3. The molecule has 0 aliphatic carbocycles. The molecule has 6 heteroatoms. The summed E-state index contributed by atoms with van der Waals surface area (Å²) in [5, 5.41) is 6.51. The van der Waals surface area contributed by atoms with Gasteiger partial charge < -0.3 is 15.5 Å². The molecule has 126 valence electrons.